The molecule has 1 nitrogen and oxygen atoms in total. The zero-order valence-electron chi connectivity index (χ0n) is 11.3. The molecule has 0 aromatic heterocycles. The SMILES string of the molecule is CC(C)[C@](O)(C#Cc1ccccc1)c1ccccc1. The highest BCUT2D eigenvalue weighted by Crippen LogP contribution is 2.28. The van der Waals surface area contributed by atoms with Gasteiger partial charge in [0.15, 0.2) is 5.60 Å². The Balaban J connectivity index is 2.40. The lowest BCUT2D eigenvalue weighted by Gasteiger charge is -2.27. The molecule has 1 heteroatoms. The maximum Gasteiger partial charge on any atom is 0.153 e. The van der Waals surface area contributed by atoms with E-state index in [0.29, 0.717) is 0 Å². The van der Waals surface area contributed by atoms with Gasteiger partial charge in [0.1, 0.15) is 0 Å². The van der Waals surface area contributed by atoms with Gasteiger partial charge in [0.25, 0.3) is 0 Å². The summed E-state index contributed by atoms with van der Waals surface area (Å²) in [7, 11) is 0. The highest BCUT2D eigenvalue weighted by Gasteiger charge is 2.30. The fraction of sp³-hybridized carbons (Fsp3) is 0.222. The number of aliphatic hydroxyl groups is 1. The van der Waals surface area contributed by atoms with Crippen LogP contribution in [0.5, 0.6) is 0 Å². The van der Waals surface area contributed by atoms with E-state index >= 15 is 0 Å². The molecular weight excluding hydrogens is 232 g/mol. The lowest BCUT2D eigenvalue weighted by atomic mass is 9.84. The third kappa shape index (κ3) is 3.05. The average Bonchev–Trinajstić information content (AvgIpc) is 2.46. The summed E-state index contributed by atoms with van der Waals surface area (Å²) in [4.78, 5) is 0. The summed E-state index contributed by atoms with van der Waals surface area (Å²) in [6.07, 6.45) is 0. The minimum atomic E-state index is -1.11. The van der Waals surface area contributed by atoms with Crippen molar-refractivity contribution in [3.05, 3.63) is 71.8 Å². The van der Waals surface area contributed by atoms with Crippen LogP contribution in [0, 0.1) is 17.8 Å². The summed E-state index contributed by atoms with van der Waals surface area (Å²) >= 11 is 0. The van der Waals surface area contributed by atoms with Crippen LogP contribution in [0.25, 0.3) is 0 Å². The van der Waals surface area contributed by atoms with E-state index < -0.39 is 5.60 Å². The first kappa shape index (κ1) is 13.4. The van der Waals surface area contributed by atoms with Gasteiger partial charge < -0.3 is 5.11 Å². The molecule has 19 heavy (non-hydrogen) atoms. The Labute approximate surface area is 114 Å². The Bertz CT molecular complexity index is 575. The molecule has 0 unspecified atom stereocenters. The second-order valence-electron chi connectivity index (χ2n) is 4.90. The summed E-state index contributed by atoms with van der Waals surface area (Å²) < 4.78 is 0. The van der Waals surface area contributed by atoms with Crippen molar-refractivity contribution in [3.8, 4) is 11.8 Å². The molecule has 0 radical (unpaired) electrons. The van der Waals surface area contributed by atoms with Crippen LogP contribution in [0.2, 0.25) is 0 Å². The number of rotatable bonds is 2. The van der Waals surface area contributed by atoms with Gasteiger partial charge in [-0.2, -0.15) is 0 Å². The smallest absolute Gasteiger partial charge is 0.153 e. The molecule has 0 saturated carbocycles. The van der Waals surface area contributed by atoms with Gasteiger partial charge in [-0.25, -0.2) is 0 Å². The molecule has 1 N–H and O–H groups in total. The minimum absolute atomic E-state index is 0.0195. The van der Waals surface area contributed by atoms with Gasteiger partial charge in [0.05, 0.1) is 0 Å². The fourth-order valence-electron chi connectivity index (χ4n) is 1.93. The van der Waals surface area contributed by atoms with E-state index in [2.05, 4.69) is 11.8 Å². The van der Waals surface area contributed by atoms with Crippen molar-refractivity contribution < 1.29 is 5.11 Å². The maximum absolute atomic E-state index is 10.8. The number of hydrogen-bond acceptors (Lipinski definition) is 1. The van der Waals surface area contributed by atoms with Crippen LogP contribution >= 0.6 is 0 Å². The van der Waals surface area contributed by atoms with Crippen molar-refractivity contribution in [3.63, 3.8) is 0 Å². The van der Waals surface area contributed by atoms with E-state index in [0.717, 1.165) is 11.1 Å². The van der Waals surface area contributed by atoms with E-state index in [9.17, 15) is 5.11 Å². The minimum Gasteiger partial charge on any atom is -0.373 e. The topological polar surface area (TPSA) is 20.2 Å². The van der Waals surface area contributed by atoms with Gasteiger partial charge in [0.2, 0.25) is 0 Å². The van der Waals surface area contributed by atoms with Gasteiger partial charge in [-0.15, -0.1) is 0 Å². The molecule has 0 saturated heterocycles. The van der Waals surface area contributed by atoms with Crippen LogP contribution < -0.4 is 0 Å². The summed E-state index contributed by atoms with van der Waals surface area (Å²) in [5, 5.41) is 10.8. The predicted octanol–water partition coefficient (Wildman–Crippen LogP) is 3.58. The molecular formula is C18H18O. The Kier molecular flexibility index (Phi) is 4.04. The molecule has 0 fully saturated rings. The first-order valence-corrected chi connectivity index (χ1v) is 6.49. The normalized spacial score (nSPS) is 13.5. The highest BCUT2D eigenvalue weighted by atomic mass is 16.3. The molecule has 0 aliphatic heterocycles. The van der Waals surface area contributed by atoms with Crippen molar-refractivity contribution in [2.75, 3.05) is 0 Å². The van der Waals surface area contributed by atoms with E-state index in [-0.39, 0.29) is 5.92 Å². The van der Waals surface area contributed by atoms with Crippen molar-refractivity contribution in [1.82, 2.24) is 0 Å². The third-order valence-corrected chi connectivity index (χ3v) is 3.22. The molecule has 2 rings (SSSR count). The first-order valence-electron chi connectivity index (χ1n) is 6.49. The molecule has 1 atom stereocenters. The van der Waals surface area contributed by atoms with Gasteiger partial charge >= 0.3 is 0 Å². The van der Waals surface area contributed by atoms with E-state index in [1.165, 1.54) is 0 Å². The molecule has 0 bridgehead atoms. The van der Waals surface area contributed by atoms with Crippen molar-refractivity contribution >= 4 is 0 Å². The quantitative estimate of drug-likeness (QED) is 0.808. The Morgan fingerprint density at radius 3 is 1.95 bits per heavy atom. The maximum atomic E-state index is 10.8. The third-order valence-electron chi connectivity index (χ3n) is 3.22. The zero-order chi connectivity index (χ0) is 13.7. The molecule has 2 aromatic carbocycles. The average molecular weight is 250 g/mol. The largest absolute Gasteiger partial charge is 0.373 e. The summed E-state index contributed by atoms with van der Waals surface area (Å²) in [6, 6.07) is 19.4. The summed E-state index contributed by atoms with van der Waals surface area (Å²) in [6.45, 7) is 3.96. The van der Waals surface area contributed by atoms with Crippen LogP contribution in [0.4, 0.5) is 0 Å². The molecule has 0 heterocycles. The molecule has 0 aliphatic rings. The van der Waals surface area contributed by atoms with Gasteiger partial charge in [0, 0.05) is 5.56 Å². The fourth-order valence-corrected chi connectivity index (χ4v) is 1.93. The predicted molar refractivity (Wildman–Crippen MR) is 78.5 cm³/mol. The highest BCUT2D eigenvalue weighted by molar-refractivity contribution is 5.40. The monoisotopic (exact) mass is 250 g/mol. The van der Waals surface area contributed by atoms with Crippen molar-refractivity contribution in [1.29, 1.82) is 0 Å². The molecule has 2 aromatic rings. The van der Waals surface area contributed by atoms with Crippen molar-refractivity contribution in [2.45, 2.75) is 19.4 Å². The Morgan fingerprint density at radius 1 is 0.895 bits per heavy atom. The molecule has 96 valence electrons. The van der Waals surface area contributed by atoms with E-state index in [1.807, 2.05) is 74.5 Å². The van der Waals surface area contributed by atoms with Gasteiger partial charge in [-0.05, 0) is 23.6 Å². The van der Waals surface area contributed by atoms with Gasteiger partial charge in [-0.1, -0.05) is 74.2 Å². The van der Waals surface area contributed by atoms with Crippen LogP contribution in [0.1, 0.15) is 25.0 Å². The first-order chi connectivity index (χ1) is 9.13. The molecule has 0 spiro atoms. The van der Waals surface area contributed by atoms with Crippen LogP contribution in [-0.4, -0.2) is 5.11 Å². The number of benzene rings is 2. The van der Waals surface area contributed by atoms with Gasteiger partial charge in [-0.3, -0.25) is 0 Å². The lowest BCUT2D eigenvalue weighted by Crippen LogP contribution is -2.30. The van der Waals surface area contributed by atoms with E-state index in [1.54, 1.807) is 0 Å². The second-order valence-corrected chi connectivity index (χ2v) is 4.90. The number of hydrogen-bond donors (Lipinski definition) is 1. The van der Waals surface area contributed by atoms with E-state index in [4.69, 9.17) is 0 Å². The standard InChI is InChI=1S/C18H18O/c1-15(2)18(19,17-11-7-4-8-12-17)14-13-16-9-5-3-6-10-16/h3-12,15,19H,1-2H3/t18-/m1/s1. The van der Waals surface area contributed by atoms with Crippen LogP contribution in [0.15, 0.2) is 60.7 Å². The molecule has 0 amide bonds. The van der Waals surface area contributed by atoms with Crippen LogP contribution in [-0.2, 0) is 5.60 Å². The lowest BCUT2D eigenvalue weighted by molar-refractivity contribution is 0.0503. The van der Waals surface area contributed by atoms with Crippen molar-refractivity contribution in [2.24, 2.45) is 5.92 Å². The Morgan fingerprint density at radius 2 is 1.42 bits per heavy atom. The zero-order valence-corrected chi connectivity index (χ0v) is 11.3. The Hall–Kier alpha value is -2.04. The molecule has 0 aliphatic carbocycles. The summed E-state index contributed by atoms with van der Waals surface area (Å²) in [5.74, 6) is 6.12. The summed E-state index contributed by atoms with van der Waals surface area (Å²) in [5.41, 5.74) is 0.642. The van der Waals surface area contributed by atoms with Crippen LogP contribution in [0.3, 0.4) is 0 Å². The second kappa shape index (κ2) is 5.73.